The zero-order chi connectivity index (χ0) is 13.2. The normalized spacial score (nSPS) is 29.7. The molecule has 2 fully saturated rings. The Labute approximate surface area is 108 Å². The van der Waals surface area contributed by atoms with Crippen LogP contribution in [0.4, 0.5) is 4.79 Å². The highest BCUT2D eigenvalue weighted by molar-refractivity contribution is 5.79. The number of hydrogen-bond donors (Lipinski definition) is 0. The van der Waals surface area contributed by atoms with Gasteiger partial charge in [-0.05, 0) is 20.3 Å². The van der Waals surface area contributed by atoms with Crippen molar-refractivity contribution in [2.24, 2.45) is 0 Å². The molecule has 0 unspecified atom stereocenters. The minimum absolute atomic E-state index is 0.00740. The maximum atomic E-state index is 11.7. The van der Waals surface area contributed by atoms with Gasteiger partial charge in [-0.3, -0.25) is 9.69 Å². The Balaban J connectivity index is 1.93. The lowest BCUT2D eigenvalue weighted by Gasteiger charge is -2.40. The molecule has 0 N–H and O–H groups in total. The van der Waals surface area contributed by atoms with E-state index in [0.717, 1.165) is 26.1 Å². The molecule has 0 aromatic carbocycles. The molecule has 0 bridgehead atoms. The van der Waals surface area contributed by atoms with Crippen LogP contribution in [0, 0.1) is 0 Å². The Morgan fingerprint density at radius 2 is 2.00 bits per heavy atom. The quantitative estimate of drug-likeness (QED) is 0.744. The number of rotatable bonds is 2. The minimum Gasteiger partial charge on any atom is -0.450 e. The van der Waals surface area contributed by atoms with E-state index in [1.165, 1.54) is 0 Å². The molecule has 2 rings (SSSR count). The largest absolute Gasteiger partial charge is 0.450 e. The minimum atomic E-state index is -0.214. The second-order valence-electron chi connectivity index (χ2n) is 5.39. The Bertz CT molecular complexity index is 335. The van der Waals surface area contributed by atoms with Crippen molar-refractivity contribution in [3.05, 3.63) is 0 Å². The third-order valence-corrected chi connectivity index (χ3v) is 4.06. The Morgan fingerprint density at radius 1 is 1.33 bits per heavy atom. The number of piperidine rings is 1. The van der Waals surface area contributed by atoms with Gasteiger partial charge >= 0.3 is 6.09 Å². The molecule has 18 heavy (non-hydrogen) atoms. The van der Waals surface area contributed by atoms with Crippen LogP contribution in [-0.4, -0.2) is 60.0 Å². The van der Waals surface area contributed by atoms with Crippen molar-refractivity contribution in [1.29, 1.82) is 0 Å². The highest BCUT2D eigenvalue weighted by Crippen LogP contribution is 2.30. The number of Topliss-reactive ketones (excluding diaryl/α,β-unsaturated/α-hetero) is 1. The summed E-state index contributed by atoms with van der Waals surface area (Å²) >= 11 is 0. The number of hydrogen-bond acceptors (Lipinski definition) is 4. The molecule has 2 aliphatic heterocycles. The van der Waals surface area contributed by atoms with Crippen LogP contribution in [0.3, 0.4) is 0 Å². The molecule has 0 aromatic heterocycles. The van der Waals surface area contributed by atoms with Crippen LogP contribution in [0.1, 0.15) is 33.1 Å². The number of ketones is 1. The highest BCUT2D eigenvalue weighted by atomic mass is 16.6. The van der Waals surface area contributed by atoms with Crippen LogP contribution in [-0.2, 0) is 9.53 Å². The maximum absolute atomic E-state index is 11.7. The van der Waals surface area contributed by atoms with Crippen molar-refractivity contribution in [3.63, 3.8) is 0 Å². The fraction of sp³-hybridized carbons (Fsp3) is 0.846. The highest BCUT2D eigenvalue weighted by Gasteiger charge is 2.41. The number of carbonyl (C=O) groups excluding carboxylic acids is 2. The smallest absolute Gasteiger partial charge is 0.409 e. The van der Waals surface area contributed by atoms with Gasteiger partial charge in [0.15, 0.2) is 0 Å². The molecule has 2 saturated heterocycles. The average Bonchev–Trinajstić information content (AvgIpc) is 2.74. The van der Waals surface area contributed by atoms with Gasteiger partial charge in [0.25, 0.3) is 0 Å². The summed E-state index contributed by atoms with van der Waals surface area (Å²) in [5, 5.41) is 0. The van der Waals surface area contributed by atoms with E-state index in [2.05, 4.69) is 11.8 Å². The third-order valence-electron chi connectivity index (χ3n) is 4.06. The van der Waals surface area contributed by atoms with Crippen LogP contribution >= 0.6 is 0 Å². The van der Waals surface area contributed by atoms with Gasteiger partial charge < -0.3 is 9.64 Å². The van der Waals surface area contributed by atoms with Crippen molar-refractivity contribution in [1.82, 2.24) is 9.80 Å². The fourth-order valence-electron chi connectivity index (χ4n) is 2.87. The third kappa shape index (κ3) is 2.66. The van der Waals surface area contributed by atoms with Crippen LogP contribution in [0.5, 0.6) is 0 Å². The van der Waals surface area contributed by atoms with Gasteiger partial charge in [-0.2, -0.15) is 0 Å². The summed E-state index contributed by atoms with van der Waals surface area (Å²) in [5.74, 6) is 0.357. The van der Waals surface area contributed by atoms with Gasteiger partial charge in [-0.1, -0.05) is 0 Å². The summed E-state index contributed by atoms with van der Waals surface area (Å²) in [6, 6.07) is 0. The fourth-order valence-corrected chi connectivity index (χ4v) is 2.87. The van der Waals surface area contributed by atoms with E-state index in [-0.39, 0.29) is 11.6 Å². The number of ether oxygens (including phenoxy) is 1. The number of carbonyl (C=O) groups is 2. The molecule has 0 radical (unpaired) electrons. The zero-order valence-corrected chi connectivity index (χ0v) is 11.3. The summed E-state index contributed by atoms with van der Waals surface area (Å²) in [5.41, 5.74) is 0.00740. The molecule has 2 aliphatic rings. The summed E-state index contributed by atoms with van der Waals surface area (Å²) in [6.45, 7) is 7.54. The molecule has 0 aromatic rings. The zero-order valence-electron chi connectivity index (χ0n) is 11.3. The Kier molecular flexibility index (Phi) is 3.90. The van der Waals surface area contributed by atoms with Crippen molar-refractivity contribution in [2.45, 2.75) is 38.6 Å². The lowest BCUT2D eigenvalue weighted by Crippen LogP contribution is -2.52. The topological polar surface area (TPSA) is 49.9 Å². The maximum Gasteiger partial charge on any atom is 0.409 e. The molecule has 0 saturated carbocycles. The summed E-state index contributed by atoms with van der Waals surface area (Å²) < 4.78 is 5.04. The van der Waals surface area contributed by atoms with E-state index in [0.29, 0.717) is 31.8 Å². The van der Waals surface area contributed by atoms with E-state index in [1.807, 2.05) is 6.92 Å². The number of nitrogens with zero attached hydrogens (tertiary/aromatic N) is 2. The van der Waals surface area contributed by atoms with Gasteiger partial charge in [0.2, 0.25) is 0 Å². The predicted octanol–water partition coefficient (Wildman–Crippen LogP) is 1.27. The second kappa shape index (κ2) is 5.26. The van der Waals surface area contributed by atoms with Crippen molar-refractivity contribution >= 4 is 11.9 Å². The monoisotopic (exact) mass is 254 g/mol. The van der Waals surface area contributed by atoms with Crippen LogP contribution < -0.4 is 0 Å². The number of amides is 1. The summed E-state index contributed by atoms with van der Waals surface area (Å²) in [4.78, 5) is 27.1. The molecule has 1 atom stereocenters. The molecule has 0 aliphatic carbocycles. The molecule has 0 spiro atoms. The molecular weight excluding hydrogens is 232 g/mol. The lowest BCUT2D eigenvalue weighted by atomic mass is 9.95. The molecule has 102 valence electrons. The van der Waals surface area contributed by atoms with Crippen LogP contribution in [0.25, 0.3) is 0 Å². The molecule has 1 amide bonds. The molecule has 5 nitrogen and oxygen atoms in total. The second-order valence-corrected chi connectivity index (χ2v) is 5.39. The molecule has 5 heteroatoms. The van der Waals surface area contributed by atoms with Crippen molar-refractivity contribution < 1.29 is 14.3 Å². The van der Waals surface area contributed by atoms with Crippen LogP contribution in [0.2, 0.25) is 0 Å². The van der Waals surface area contributed by atoms with Crippen molar-refractivity contribution in [3.8, 4) is 0 Å². The van der Waals surface area contributed by atoms with Gasteiger partial charge in [0.1, 0.15) is 5.78 Å². The Hall–Kier alpha value is -1.10. The van der Waals surface area contributed by atoms with Gasteiger partial charge in [-0.25, -0.2) is 4.79 Å². The van der Waals surface area contributed by atoms with E-state index in [9.17, 15) is 9.59 Å². The first-order valence-corrected chi connectivity index (χ1v) is 6.73. The first-order chi connectivity index (χ1) is 8.55. The number of likely N-dealkylation sites (tertiary alicyclic amines) is 2. The van der Waals surface area contributed by atoms with E-state index >= 15 is 0 Å². The lowest BCUT2D eigenvalue weighted by molar-refractivity contribution is -0.122. The van der Waals surface area contributed by atoms with E-state index in [4.69, 9.17) is 4.74 Å². The van der Waals surface area contributed by atoms with Gasteiger partial charge in [-0.15, -0.1) is 0 Å². The van der Waals surface area contributed by atoms with Gasteiger partial charge in [0.05, 0.1) is 6.61 Å². The van der Waals surface area contributed by atoms with Gasteiger partial charge in [0, 0.05) is 44.6 Å². The molecular formula is C13H22N2O3. The first kappa shape index (κ1) is 13.3. The SMILES string of the molecule is CCOC(=O)N1CC[C@](C)(N2CCC(=O)CC2)C1. The molecule has 2 heterocycles. The van der Waals surface area contributed by atoms with E-state index in [1.54, 1.807) is 4.90 Å². The Morgan fingerprint density at radius 3 is 2.61 bits per heavy atom. The summed E-state index contributed by atoms with van der Waals surface area (Å²) in [6.07, 6.45) is 2.04. The van der Waals surface area contributed by atoms with Crippen molar-refractivity contribution in [2.75, 3.05) is 32.8 Å². The summed E-state index contributed by atoms with van der Waals surface area (Å²) in [7, 11) is 0. The average molecular weight is 254 g/mol. The standard InChI is InChI=1S/C13H22N2O3/c1-3-18-12(17)14-9-6-13(2,10-14)15-7-4-11(16)5-8-15/h3-10H2,1-2H3/t13-/m0/s1. The first-order valence-electron chi connectivity index (χ1n) is 6.73. The predicted molar refractivity (Wildman–Crippen MR) is 67.4 cm³/mol. The van der Waals surface area contributed by atoms with E-state index < -0.39 is 0 Å². The van der Waals surface area contributed by atoms with Crippen LogP contribution in [0.15, 0.2) is 0 Å².